The number of carbonyl (C=O) groups is 2. The molecule has 1 aromatic carbocycles. The molecule has 2 rings (SSSR count). The van der Waals surface area contributed by atoms with E-state index in [4.69, 9.17) is 0 Å². The van der Waals surface area contributed by atoms with Gasteiger partial charge in [0.15, 0.2) is 11.6 Å². The predicted octanol–water partition coefficient (Wildman–Crippen LogP) is 3.67. The van der Waals surface area contributed by atoms with E-state index >= 15 is 0 Å². The van der Waals surface area contributed by atoms with Crippen LogP contribution in [0.4, 0.5) is 5.69 Å². The molecule has 1 heterocycles. The summed E-state index contributed by atoms with van der Waals surface area (Å²) in [5.74, 6) is 0.363. The Morgan fingerprint density at radius 1 is 1.29 bits per heavy atom. The third-order valence-corrected chi connectivity index (χ3v) is 5.50. The fourth-order valence-electron chi connectivity index (χ4n) is 3.50. The first-order valence-electron chi connectivity index (χ1n) is 10.4. The molecule has 1 saturated heterocycles. The van der Waals surface area contributed by atoms with Gasteiger partial charge in [0.2, 0.25) is 0 Å². The van der Waals surface area contributed by atoms with Crippen LogP contribution < -0.4 is 10.6 Å². The number of hydrogen-bond acceptors (Lipinski definition) is 5. The lowest BCUT2D eigenvalue weighted by Crippen LogP contribution is -2.43. The minimum Gasteiger partial charge on any atom is -0.382 e. The fraction of sp³-hybridized carbons (Fsp3) is 0.565. The zero-order chi connectivity index (χ0) is 20.5. The summed E-state index contributed by atoms with van der Waals surface area (Å²) in [5.41, 5.74) is 2.51. The molecule has 28 heavy (non-hydrogen) atoms. The Bertz CT molecular complexity index is 691. The van der Waals surface area contributed by atoms with Gasteiger partial charge >= 0.3 is 0 Å². The summed E-state index contributed by atoms with van der Waals surface area (Å²) in [4.78, 5) is 26.6. The van der Waals surface area contributed by atoms with Crippen molar-refractivity contribution in [3.63, 3.8) is 0 Å². The number of ketones is 2. The third-order valence-electron chi connectivity index (χ3n) is 5.50. The van der Waals surface area contributed by atoms with E-state index in [9.17, 15) is 9.59 Å². The standard InChI is InChI=1S/C23H35N3O2/c1-5-22(27)19-7-6-8-21(15-19)25-18(3)10-9-17(2)23(28)16-26-13-11-20(24-4)12-14-26/h6-9,15,18,20,24-25H,5,10-14,16H2,1-4H3. The zero-order valence-corrected chi connectivity index (χ0v) is 17.8. The van der Waals surface area contributed by atoms with E-state index in [0.717, 1.165) is 49.2 Å². The van der Waals surface area contributed by atoms with Gasteiger partial charge in [-0.15, -0.1) is 0 Å². The number of anilines is 1. The van der Waals surface area contributed by atoms with Crippen LogP contribution in [0.2, 0.25) is 0 Å². The molecule has 2 N–H and O–H groups in total. The maximum absolute atomic E-state index is 12.5. The number of likely N-dealkylation sites (tertiary alicyclic amines) is 1. The van der Waals surface area contributed by atoms with Crippen LogP contribution in [0.1, 0.15) is 56.8 Å². The van der Waals surface area contributed by atoms with Gasteiger partial charge in [0.25, 0.3) is 0 Å². The molecule has 0 bridgehead atoms. The van der Waals surface area contributed by atoms with Crippen LogP contribution in [0.3, 0.4) is 0 Å². The first-order chi connectivity index (χ1) is 13.4. The molecule has 0 amide bonds. The highest BCUT2D eigenvalue weighted by Gasteiger charge is 2.20. The van der Waals surface area contributed by atoms with Gasteiger partial charge in [0, 0.05) is 42.8 Å². The van der Waals surface area contributed by atoms with Crippen molar-refractivity contribution in [1.29, 1.82) is 0 Å². The Kier molecular flexibility index (Phi) is 8.87. The number of rotatable bonds is 10. The summed E-state index contributed by atoms with van der Waals surface area (Å²) >= 11 is 0. The quantitative estimate of drug-likeness (QED) is 0.475. The van der Waals surface area contributed by atoms with E-state index < -0.39 is 0 Å². The molecular weight excluding hydrogens is 350 g/mol. The predicted molar refractivity (Wildman–Crippen MR) is 116 cm³/mol. The molecule has 1 aliphatic heterocycles. The Balaban J connectivity index is 1.81. The van der Waals surface area contributed by atoms with Crippen molar-refractivity contribution in [1.82, 2.24) is 10.2 Å². The lowest BCUT2D eigenvalue weighted by Gasteiger charge is -2.31. The van der Waals surface area contributed by atoms with Crippen LogP contribution in [0.25, 0.3) is 0 Å². The average molecular weight is 386 g/mol. The van der Waals surface area contributed by atoms with Gasteiger partial charge < -0.3 is 10.6 Å². The number of nitrogens with zero attached hydrogens (tertiary/aromatic N) is 1. The smallest absolute Gasteiger partial charge is 0.172 e. The molecule has 0 saturated carbocycles. The molecule has 1 fully saturated rings. The molecule has 154 valence electrons. The summed E-state index contributed by atoms with van der Waals surface area (Å²) in [6, 6.07) is 8.39. The molecule has 0 aromatic heterocycles. The number of piperidine rings is 1. The first-order valence-corrected chi connectivity index (χ1v) is 10.4. The molecular formula is C23H35N3O2. The van der Waals surface area contributed by atoms with Crippen molar-refractivity contribution < 1.29 is 9.59 Å². The Morgan fingerprint density at radius 2 is 2.00 bits per heavy atom. The molecule has 0 spiro atoms. The van der Waals surface area contributed by atoms with Crippen molar-refractivity contribution in [2.45, 2.75) is 58.5 Å². The molecule has 1 aromatic rings. The van der Waals surface area contributed by atoms with Crippen LogP contribution in [-0.2, 0) is 4.79 Å². The topological polar surface area (TPSA) is 61.4 Å². The zero-order valence-electron chi connectivity index (χ0n) is 17.8. The van der Waals surface area contributed by atoms with Crippen molar-refractivity contribution in [3.05, 3.63) is 41.5 Å². The number of carbonyl (C=O) groups excluding carboxylic acids is 2. The highest BCUT2D eigenvalue weighted by atomic mass is 16.1. The van der Waals surface area contributed by atoms with E-state index in [2.05, 4.69) is 22.5 Å². The van der Waals surface area contributed by atoms with E-state index in [0.29, 0.717) is 19.0 Å². The second-order valence-electron chi connectivity index (χ2n) is 7.79. The summed E-state index contributed by atoms with van der Waals surface area (Å²) in [6.07, 6.45) is 5.52. The highest BCUT2D eigenvalue weighted by molar-refractivity contribution is 5.97. The monoisotopic (exact) mass is 385 g/mol. The Morgan fingerprint density at radius 3 is 2.64 bits per heavy atom. The lowest BCUT2D eigenvalue weighted by atomic mass is 10.0. The Labute approximate surface area is 169 Å². The molecule has 5 heteroatoms. The lowest BCUT2D eigenvalue weighted by molar-refractivity contribution is -0.116. The summed E-state index contributed by atoms with van der Waals surface area (Å²) < 4.78 is 0. The molecule has 0 radical (unpaired) electrons. The minimum absolute atomic E-state index is 0.149. The number of benzene rings is 1. The van der Waals surface area contributed by atoms with Gasteiger partial charge in [0.05, 0.1) is 6.54 Å². The highest BCUT2D eigenvalue weighted by Crippen LogP contribution is 2.15. The number of Topliss-reactive ketones (excluding diaryl/α,β-unsaturated/α-hetero) is 2. The van der Waals surface area contributed by atoms with Crippen LogP contribution in [0.15, 0.2) is 35.9 Å². The van der Waals surface area contributed by atoms with Crippen LogP contribution >= 0.6 is 0 Å². The second kappa shape index (κ2) is 11.1. The molecule has 1 aliphatic rings. The average Bonchev–Trinajstić information content (AvgIpc) is 2.72. The first kappa shape index (κ1) is 22.3. The van der Waals surface area contributed by atoms with E-state index in [1.165, 1.54) is 0 Å². The SMILES string of the molecule is CCC(=O)c1cccc(NC(C)CC=C(C)C(=O)CN2CCC(NC)CC2)c1. The van der Waals surface area contributed by atoms with Gasteiger partial charge in [0.1, 0.15) is 0 Å². The summed E-state index contributed by atoms with van der Waals surface area (Å²) in [7, 11) is 2.01. The van der Waals surface area contributed by atoms with Crippen LogP contribution in [0.5, 0.6) is 0 Å². The van der Waals surface area contributed by atoms with Gasteiger partial charge in [-0.05, 0) is 57.9 Å². The van der Waals surface area contributed by atoms with E-state index in [1.54, 1.807) is 0 Å². The molecule has 1 atom stereocenters. The molecule has 5 nitrogen and oxygen atoms in total. The number of hydrogen-bond donors (Lipinski definition) is 2. The fourth-order valence-corrected chi connectivity index (χ4v) is 3.50. The van der Waals surface area contributed by atoms with Crippen molar-refractivity contribution in [3.8, 4) is 0 Å². The molecule has 1 unspecified atom stereocenters. The minimum atomic E-state index is 0.149. The van der Waals surface area contributed by atoms with Crippen molar-refractivity contribution in [2.75, 3.05) is 32.0 Å². The van der Waals surface area contributed by atoms with E-state index in [-0.39, 0.29) is 17.6 Å². The van der Waals surface area contributed by atoms with Crippen LogP contribution in [0, 0.1) is 0 Å². The second-order valence-corrected chi connectivity index (χ2v) is 7.79. The van der Waals surface area contributed by atoms with Crippen molar-refractivity contribution >= 4 is 17.3 Å². The van der Waals surface area contributed by atoms with Crippen LogP contribution in [-0.4, -0.2) is 55.2 Å². The van der Waals surface area contributed by atoms with E-state index in [1.807, 2.05) is 51.2 Å². The largest absolute Gasteiger partial charge is 0.382 e. The number of nitrogens with one attached hydrogen (secondary N) is 2. The summed E-state index contributed by atoms with van der Waals surface area (Å²) in [6.45, 7) is 8.35. The maximum atomic E-state index is 12.5. The normalized spacial score (nSPS) is 17.4. The van der Waals surface area contributed by atoms with Gasteiger partial charge in [-0.25, -0.2) is 0 Å². The maximum Gasteiger partial charge on any atom is 0.172 e. The molecule has 0 aliphatic carbocycles. The van der Waals surface area contributed by atoms with Crippen molar-refractivity contribution in [2.24, 2.45) is 0 Å². The van der Waals surface area contributed by atoms with Gasteiger partial charge in [-0.3, -0.25) is 14.5 Å². The summed E-state index contributed by atoms with van der Waals surface area (Å²) in [5, 5.41) is 6.74. The third kappa shape index (κ3) is 6.88. The van der Waals surface area contributed by atoms with Gasteiger partial charge in [-0.1, -0.05) is 25.1 Å². The van der Waals surface area contributed by atoms with Gasteiger partial charge in [-0.2, -0.15) is 0 Å². The Hall–Kier alpha value is -1.98.